The van der Waals surface area contributed by atoms with E-state index < -0.39 is 23.0 Å². The van der Waals surface area contributed by atoms with Crippen molar-refractivity contribution in [2.75, 3.05) is 30.9 Å². The number of fused-ring (bicyclic) bond motifs is 1. The maximum absolute atomic E-state index is 13.6. The van der Waals surface area contributed by atoms with Gasteiger partial charge in [0.05, 0.1) is 11.6 Å². The van der Waals surface area contributed by atoms with Gasteiger partial charge in [-0.25, -0.2) is 9.18 Å². The lowest BCUT2D eigenvalue weighted by Gasteiger charge is -2.24. The summed E-state index contributed by atoms with van der Waals surface area (Å²) in [5.41, 5.74) is 4.57. The van der Waals surface area contributed by atoms with Crippen LogP contribution in [0.1, 0.15) is 23.5 Å². The van der Waals surface area contributed by atoms with Crippen LogP contribution in [0.4, 0.5) is 15.9 Å². The number of carbonyl (C=O) groups excluding carboxylic acids is 1. The molecule has 2 aromatic heterocycles. The Morgan fingerprint density at radius 2 is 2.10 bits per heavy atom. The average molecular weight is 469 g/mol. The molecule has 3 rings (SSSR count). The van der Waals surface area contributed by atoms with E-state index in [0.717, 1.165) is 16.2 Å². The van der Waals surface area contributed by atoms with E-state index in [-0.39, 0.29) is 47.0 Å². The number of hydrogen-bond donors (Lipinski definition) is 2. The third kappa shape index (κ3) is 4.51. The molecule has 11 heteroatoms. The minimum Gasteiger partial charge on any atom is -0.383 e. The Morgan fingerprint density at radius 3 is 2.74 bits per heavy atom. The molecule has 1 amide bonds. The number of anilines is 2. The lowest BCUT2D eigenvalue weighted by Crippen LogP contribution is -2.42. The average Bonchev–Trinajstić information content (AvgIpc) is 3.02. The van der Waals surface area contributed by atoms with Crippen molar-refractivity contribution in [2.45, 2.75) is 20.4 Å². The van der Waals surface area contributed by atoms with E-state index in [4.69, 9.17) is 22.1 Å². The SMILES string of the molecule is COCCN(C(=O)c1sc2cc(F)ccc2c1Cl)c1c(N)n(CC(C)C)c(=O)[nH]c1=O. The molecular formula is C20H22ClFN4O4S. The first-order valence-electron chi connectivity index (χ1n) is 9.46. The molecule has 0 unspecified atom stereocenters. The predicted octanol–water partition coefficient (Wildman–Crippen LogP) is 3.08. The van der Waals surface area contributed by atoms with E-state index in [1.54, 1.807) is 0 Å². The second kappa shape index (κ2) is 9.21. The predicted molar refractivity (Wildman–Crippen MR) is 121 cm³/mol. The highest BCUT2D eigenvalue weighted by Gasteiger charge is 2.28. The fourth-order valence-electron chi connectivity index (χ4n) is 3.18. The number of nitrogens with one attached hydrogen (secondary N) is 1. The van der Waals surface area contributed by atoms with E-state index in [0.29, 0.717) is 10.1 Å². The molecule has 3 aromatic rings. The van der Waals surface area contributed by atoms with E-state index in [1.807, 2.05) is 13.8 Å². The number of nitrogens with zero attached hydrogens (tertiary/aromatic N) is 2. The van der Waals surface area contributed by atoms with Crippen LogP contribution < -0.4 is 21.9 Å². The van der Waals surface area contributed by atoms with Crippen molar-refractivity contribution in [3.63, 3.8) is 0 Å². The zero-order valence-corrected chi connectivity index (χ0v) is 18.8. The van der Waals surface area contributed by atoms with Gasteiger partial charge in [0, 0.05) is 30.3 Å². The molecule has 0 atom stereocenters. The Kier molecular flexibility index (Phi) is 6.83. The summed E-state index contributed by atoms with van der Waals surface area (Å²) >= 11 is 7.42. The summed E-state index contributed by atoms with van der Waals surface area (Å²) in [6.07, 6.45) is 0. The van der Waals surface area contributed by atoms with Crippen molar-refractivity contribution in [2.24, 2.45) is 5.92 Å². The third-order valence-electron chi connectivity index (χ3n) is 4.58. The maximum atomic E-state index is 13.6. The molecule has 166 valence electrons. The Hall–Kier alpha value is -2.69. The number of benzene rings is 1. The summed E-state index contributed by atoms with van der Waals surface area (Å²) in [5, 5.41) is 0.674. The van der Waals surface area contributed by atoms with Crippen LogP contribution >= 0.6 is 22.9 Å². The molecule has 0 aliphatic carbocycles. The van der Waals surface area contributed by atoms with Gasteiger partial charge in [-0.2, -0.15) is 0 Å². The Labute approximate surface area is 186 Å². The summed E-state index contributed by atoms with van der Waals surface area (Å²) in [5.74, 6) is -1.12. The fourth-order valence-corrected chi connectivity index (χ4v) is 4.67. The van der Waals surface area contributed by atoms with Crippen LogP contribution in [0.2, 0.25) is 5.02 Å². The summed E-state index contributed by atoms with van der Waals surface area (Å²) in [6.45, 7) is 4.12. The van der Waals surface area contributed by atoms with Crippen molar-refractivity contribution < 1.29 is 13.9 Å². The number of nitrogens with two attached hydrogens (primary N) is 1. The first kappa shape index (κ1) is 23.0. The van der Waals surface area contributed by atoms with Crippen LogP contribution in [0.5, 0.6) is 0 Å². The number of amides is 1. The number of thiophene rings is 1. The van der Waals surface area contributed by atoms with Crippen LogP contribution in [0.15, 0.2) is 27.8 Å². The number of aromatic nitrogens is 2. The number of aromatic amines is 1. The summed E-state index contributed by atoms with van der Waals surface area (Å²) in [7, 11) is 1.45. The number of nitrogen functional groups attached to an aromatic ring is 1. The quantitative estimate of drug-likeness (QED) is 0.553. The monoisotopic (exact) mass is 468 g/mol. The van der Waals surface area contributed by atoms with E-state index >= 15 is 0 Å². The van der Waals surface area contributed by atoms with Gasteiger partial charge in [0.15, 0.2) is 5.69 Å². The van der Waals surface area contributed by atoms with Crippen LogP contribution in [0.3, 0.4) is 0 Å². The van der Waals surface area contributed by atoms with Gasteiger partial charge < -0.3 is 10.5 Å². The second-order valence-corrected chi connectivity index (χ2v) is 8.76. The first-order chi connectivity index (χ1) is 14.6. The van der Waals surface area contributed by atoms with Gasteiger partial charge in [0.25, 0.3) is 11.5 Å². The van der Waals surface area contributed by atoms with Crippen LogP contribution in [0, 0.1) is 11.7 Å². The minimum absolute atomic E-state index is 0.0125. The molecule has 31 heavy (non-hydrogen) atoms. The molecule has 3 N–H and O–H groups in total. The number of ether oxygens (including phenoxy) is 1. The number of carbonyl (C=O) groups is 1. The fraction of sp³-hybridized carbons (Fsp3) is 0.350. The molecule has 2 heterocycles. The van der Waals surface area contributed by atoms with Crippen molar-refractivity contribution in [3.05, 3.63) is 54.8 Å². The first-order valence-corrected chi connectivity index (χ1v) is 10.7. The smallest absolute Gasteiger partial charge is 0.330 e. The molecule has 1 aromatic carbocycles. The van der Waals surface area contributed by atoms with E-state index in [1.165, 1.54) is 29.9 Å². The minimum atomic E-state index is -0.796. The van der Waals surface area contributed by atoms with Gasteiger partial charge >= 0.3 is 5.69 Å². The standard InChI is InChI=1S/C20H22ClFN4O4S/c1-10(2)9-26-17(23)15(18(27)24-20(26)29)25(6-7-30-3)19(28)16-14(21)12-5-4-11(22)8-13(12)31-16/h4-5,8,10H,6-7,9,23H2,1-3H3,(H,24,27,29). The molecule has 0 fully saturated rings. The van der Waals surface area contributed by atoms with Gasteiger partial charge in [-0.05, 0) is 24.1 Å². The number of hydrogen-bond acceptors (Lipinski definition) is 6. The largest absolute Gasteiger partial charge is 0.383 e. The molecule has 0 aliphatic rings. The zero-order valence-electron chi connectivity index (χ0n) is 17.2. The summed E-state index contributed by atoms with van der Waals surface area (Å²) in [4.78, 5) is 41.9. The van der Waals surface area contributed by atoms with E-state index in [9.17, 15) is 18.8 Å². The van der Waals surface area contributed by atoms with Gasteiger partial charge in [0.1, 0.15) is 16.5 Å². The number of rotatable bonds is 7. The highest BCUT2D eigenvalue weighted by molar-refractivity contribution is 7.21. The molecule has 0 spiro atoms. The highest BCUT2D eigenvalue weighted by Crippen LogP contribution is 2.37. The second-order valence-electron chi connectivity index (χ2n) is 7.33. The van der Waals surface area contributed by atoms with Gasteiger partial charge in [-0.3, -0.25) is 24.0 Å². The van der Waals surface area contributed by atoms with Gasteiger partial charge in [0.2, 0.25) is 0 Å². The van der Waals surface area contributed by atoms with E-state index in [2.05, 4.69) is 4.98 Å². The van der Waals surface area contributed by atoms with Crippen molar-refractivity contribution in [3.8, 4) is 0 Å². The lowest BCUT2D eigenvalue weighted by molar-refractivity contribution is 0.0979. The Balaban J connectivity index is 2.18. The molecule has 0 aliphatic heterocycles. The lowest BCUT2D eigenvalue weighted by atomic mass is 10.2. The van der Waals surface area contributed by atoms with Crippen molar-refractivity contribution >= 4 is 50.4 Å². The Morgan fingerprint density at radius 1 is 1.39 bits per heavy atom. The number of methoxy groups -OCH3 is 1. The molecule has 0 radical (unpaired) electrons. The van der Waals surface area contributed by atoms with Crippen LogP contribution in [0.25, 0.3) is 10.1 Å². The molecular weight excluding hydrogens is 447 g/mol. The number of H-pyrrole nitrogens is 1. The number of halogens is 2. The van der Waals surface area contributed by atoms with Gasteiger partial charge in [-0.1, -0.05) is 25.4 Å². The van der Waals surface area contributed by atoms with Crippen LogP contribution in [-0.2, 0) is 11.3 Å². The third-order valence-corrected chi connectivity index (χ3v) is 6.23. The molecule has 0 saturated carbocycles. The molecule has 0 bridgehead atoms. The summed E-state index contributed by atoms with van der Waals surface area (Å²) in [6, 6.07) is 4.03. The topological polar surface area (TPSA) is 110 Å². The summed E-state index contributed by atoms with van der Waals surface area (Å²) < 4.78 is 20.4. The maximum Gasteiger partial charge on any atom is 0.330 e. The van der Waals surface area contributed by atoms with Gasteiger partial charge in [-0.15, -0.1) is 11.3 Å². The van der Waals surface area contributed by atoms with Crippen molar-refractivity contribution in [1.29, 1.82) is 0 Å². The van der Waals surface area contributed by atoms with Crippen LogP contribution in [-0.4, -0.2) is 35.7 Å². The Bertz CT molecular complexity index is 1250. The molecule has 8 nitrogen and oxygen atoms in total. The zero-order chi connectivity index (χ0) is 22.9. The molecule has 0 saturated heterocycles. The van der Waals surface area contributed by atoms with Crippen molar-refractivity contribution in [1.82, 2.24) is 9.55 Å². The normalized spacial score (nSPS) is 11.4. The highest BCUT2D eigenvalue weighted by atomic mass is 35.5.